The van der Waals surface area contributed by atoms with Crippen LogP contribution < -0.4 is 27.0 Å². The van der Waals surface area contributed by atoms with Crippen LogP contribution in [0.2, 0.25) is 0 Å². The standard InChI is InChI=1S/C23H43N5O6/c1-9-12(5)17(22(32)26-15(8)23(33)34)27-19(29)14(7)25-21(31)18(13(6)10-2)28-20(30)16(24)11(3)4/h11-18H,9-10,24H2,1-8H3,(H,25,31)(H,26,32)(H,27,29)(H,28,30)(H,33,34)/t12-,13-,14-,15-,16-,17-,18-/m0/s1. The van der Waals surface area contributed by atoms with Crippen molar-refractivity contribution in [3.8, 4) is 0 Å². The first-order valence-electron chi connectivity index (χ1n) is 11.9. The summed E-state index contributed by atoms with van der Waals surface area (Å²) < 4.78 is 0. The Bertz CT molecular complexity index is 729. The lowest BCUT2D eigenvalue weighted by atomic mass is 9.96. The van der Waals surface area contributed by atoms with E-state index in [0.717, 1.165) is 0 Å². The van der Waals surface area contributed by atoms with Crippen LogP contribution >= 0.6 is 0 Å². The molecule has 4 amide bonds. The Morgan fingerprint density at radius 2 is 1.03 bits per heavy atom. The lowest BCUT2D eigenvalue weighted by molar-refractivity contribution is -0.142. The maximum Gasteiger partial charge on any atom is 0.325 e. The molecule has 0 rings (SSSR count). The quantitative estimate of drug-likeness (QED) is 0.202. The van der Waals surface area contributed by atoms with E-state index in [1.807, 2.05) is 20.8 Å². The van der Waals surface area contributed by atoms with Gasteiger partial charge in [0.2, 0.25) is 23.6 Å². The molecule has 0 heterocycles. The highest BCUT2D eigenvalue weighted by atomic mass is 16.4. The SMILES string of the molecule is CC[C@H](C)[C@H](NC(=O)[C@H](C)NC(=O)[C@@H](NC(=O)[C@@H](N)C(C)C)[C@@H](C)CC)C(=O)N[C@@H](C)C(=O)O. The maximum atomic E-state index is 12.9. The van der Waals surface area contributed by atoms with Crippen LogP contribution in [0.5, 0.6) is 0 Å². The van der Waals surface area contributed by atoms with Gasteiger partial charge in [-0.2, -0.15) is 0 Å². The monoisotopic (exact) mass is 485 g/mol. The molecule has 34 heavy (non-hydrogen) atoms. The van der Waals surface area contributed by atoms with Crippen molar-refractivity contribution < 1.29 is 29.1 Å². The van der Waals surface area contributed by atoms with Gasteiger partial charge in [-0.25, -0.2) is 0 Å². The van der Waals surface area contributed by atoms with E-state index in [2.05, 4.69) is 21.3 Å². The first-order chi connectivity index (χ1) is 15.7. The summed E-state index contributed by atoms with van der Waals surface area (Å²) in [4.78, 5) is 61.8. The molecule has 0 fully saturated rings. The van der Waals surface area contributed by atoms with Crippen molar-refractivity contribution in [2.24, 2.45) is 23.5 Å². The predicted molar refractivity (Wildman–Crippen MR) is 128 cm³/mol. The lowest BCUT2D eigenvalue weighted by Crippen LogP contribution is -2.59. The maximum absolute atomic E-state index is 12.9. The summed E-state index contributed by atoms with van der Waals surface area (Å²) in [5.41, 5.74) is 5.89. The van der Waals surface area contributed by atoms with Gasteiger partial charge < -0.3 is 32.1 Å². The van der Waals surface area contributed by atoms with Gasteiger partial charge in [-0.05, 0) is 31.6 Å². The Morgan fingerprint density at radius 1 is 0.647 bits per heavy atom. The molecular weight excluding hydrogens is 442 g/mol. The third-order valence-electron chi connectivity index (χ3n) is 6.09. The summed E-state index contributed by atoms with van der Waals surface area (Å²) >= 11 is 0. The number of amides is 4. The smallest absolute Gasteiger partial charge is 0.325 e. The molecule has 11 heteroatoms. The fourth-order valence-corrected chi connectivity index (χ4v) is 2.97. The van der Waals surface area contributed by atoms with Gasteiger partial charge in [-0.1, -0.05) is 54.4 Å². The van der Waals surface area contributed by atoms with E-state index in [1.54, 1.807) is 20.8 Å². The molecule has 0 aliphatic carbocycles. The highest BCUT2D eigenvalue weighted by Gasteiger charge is 2.33. The molecule has 196 valence electrons. The molecule has 0 aliphatic heterocycles. The van der Waals surface area contributed by atoms with E-state index in [0.29, 0.717) is 12.8 Å². The molecule has 0 unspecified atom stereocenters. The summed E-state index contributed by atoms with van der Waals surface area (Å²) in [7, 11) is 0. The van der Waals surface area contributed by atoms with E-state index in [1.165, 1.54) is 13.8 Å². The van der Waals surface area contributed by atoms with Crippen LogP contribution in [0.4, 0.5) is 0 Å². The number of nitrogens with two attached hydrogens (primary N) is 1. The second-order valence-corrected chi connectivity index (χ2v) is 9.31. The first kappa shape index (κ1) is 31.3. The van der Waals surface area contributed by atoms with Gasteiger partial charge in [0, 0.05) is 0 Å². The topological polar surface area (TPSA) is 180 Å². The molecule has 0 aliphatic rings. The molecule has 0 spiro atoms. The Hall–Kier alpha value is -2.69. The molecule has 7 atom stereocenters. The number of carboxylic acids is 1. The van der Waals surface area contributed by atoms with Gasteiger partial charge in [0.05, 0.1) is 6.04 Å². The van der Waals surface area contributed by atoms with E-state index in [4.69, 9.17) is 10.8 Å². The minimum atomic E-state index is -1.20. The number of carbonyl (C=O) groups excluding carboxylic acids is 4. The van der Waals surface area contributed by atoms with Crippen molar-refractivity contribution >= 4 is 29.6 Å². The summed E-state index contributed by atoms with van der Waals surface area (Å²) in [5, 5.41) is 19.3. The van der Waals surface area contributed by atoms with Crippen molar-refractivity contribution in [3.05, 3.63) is 0 Å². The van der Waals surface area contributed by atoms with Gasteiger partial charge >= 0.3 is 5.97 Å². The van der Waals surface area contributed by atoms with Crippen LogP contribution in [-0.2, 0) is 24.0 Å². The number of carbonyl (C=O) groups is 5. The number of aliphatic carboxylic acids is 1. The predicted octanol–water partition coefficient (Wildman–Crippen LogP) is 0.126. The van der Waals surface area contributed by atoms with E-state index >= 15 is 0 Å². The first-order valence-corrected chi connectivity index (χ1v) is 11.9. The zero-order valence-electron chi connectivity index (χ0n) is 21.6. The molecular formula is C23H43N5O6. The number of hydrogen-bond acceptors (Lipinski definition) is 6. The fourth-order valence-electron chi connectivity index (χ4n) is 2.97. The minimum absolute atomic E-state index is 0.113. The van der Waals surface area contributed by atoms with Gasteiger partial charge in [-0.15, -0.1) is 0 Å². The fraction of sp³-hybridized carbons (Fsp3) is 0.783. The molecule has 0 bridgehead atoms. The number of nitrogens with one attached hydrogen (secondary N) is 4. The van der Waals surface area contributed by atoms with Gasteiger partial charge in [0.25, 0.3) is 0 Å². The van der Waals surface area contributed by atoms with E-state index in [9.17, 15) is 24.0 Å². The highest BCUT2D eigenvalue weighted by Crippen LogP contribution is 2.11. The van der Waals surface area contributed by atoms with Crippen LogP contribution in [-0.4, -0.2) is 64.9 Å². The molecule has 7 N–H and O–H groups in total. The molecule has 0 aromatic heterocycles. The van der Waals surface area contributed by atoms with Crippen molar-refractivity contribution in [2.45, 2.75) is 98.4 Å². The Balaban J connectivity index is 5.38. The Morgan fingerprint density at radius 3 is 1.38 bits per heavy atom. The van der Waals surface area contributed by atoms with Crippen molar-refractivity contribution in [3.63, 3.8) is 0 Å². The average Bonchev–Trinajstić information content (AvgIpc) is 2.78. The molecule has 0 aromatic carbocycles. The molecule has 11 nitrogen and oxygen atoms in total. The minimum Gasteiger partial charge on any atom is -0.480 e. The van der Waals surface area contributed by atoms with Gasteiger partial charge in [0.15, 0.2) is 0 Å². The van der Waals surface area contributed by atoms with E-state index < -0.39 is 59.8 Å². The zero-order chi connectivity index (χ0) is 26.7. The van der Waals surface area contributed by atoms with Crippen molar-refractivity contribution in [2.75, 3.05) is 0 Å². The third-order valence-corrected chi connectivity index (χ3v) is 6.09. The molecule has 0 radical (unpaired) electrons. The number of carboxylic acid groups (broad SMARTS) is 1. The van der Waals surface area contributed by atoms with Crippen LogP contribution in [0.15, 0.2) is 0 Å². The van der Waals surface area contributed by atoms with E-state index in [-0.39, 0.29) is 17.8 Å². The summed E-state index contributed by atoms with van der Waals surface area (Å²) in [6.45, 7) is 13.7. The molecule has 0 saturated carbocycles. The molecule has 0 saturated heterocycles. The second-order valence-electron chi connectivity index (χ2n) is 9.31. The van der Waals surface area contributed by atoms with Crippen LogP contribution in [0.1, 0.15) is 68.2 Å². The number of hydrogen-bond donors (Lipinski definition) is 6. The van der Waals surface area contributed by atoms with Gasteiger partial charge in [0.1, 0.15) is 24.2 Å². The van der Waals surface area contributed by atoms with Gasteiger partial charge in [-0.3, -0.25) is 24.0 Å². The van der Waals surface area contributed by atoms with Crippen LogP contribution in [0.3, 0.4) is 0 Å². The third kappa shape index (κ3) is 9.66. The summed E-state index contributed by atoms with van der Waals surface area (Å²) in [6, 6.07) is -4.77. The second kappa shape index (κ2) is 14.5. The van der Waals surface area contributed by atoms with Crippen LogP contribution in [0.25, 0.3) is 0 Å². The Labute approximate surface area is 202 Å². The molecule has 0 aromatic rings. The Kier molecular flexibility index (Phi) is 13.4. The van der Waals surface area contributed by atoms with Crippen molar-refractivity contribution in [1.82, 2.24) is 21.3 Å². The van der Waals surface area contributed by atoms with Crippen molar-refractivity contribution in [1.29, 1.82) is 0 Å². The number of rotatable bonds is 14. The summed E-state index contributed by atoms with van der Waals surface area (Å²) in [5.74, 6) is -4.02. The normalized spacial score (nSPS) is 17.4. The zero-order valence-corrected chi connectivity index (χ0v) is 21.6. The average molecular weight is 486 g/mol. The highest BCUT2D eigenvalue weighted by molar-refractivity contribution is 5.95. The summed E-state index contributed by atoms with van der Waals surface area (Å²) in [6.07, 6.45) is 1.16. The van der Waals surface area contributed by atoms with Crippen LogP contribution in [0, 0.1) is 17.8 Å². The largest absolute Gasteiger partial charge is 0.480 e. The lowest BCUT2D eigenvalue weighted by Gasteiger charge is -2.28.